The molecule has 10 rings (SSSR count). The Morgan fingerprint density at radius 3 is 2.02 bits per heavy atom. The normalized spacial score (nSPS) is 11.9. The molecule has 0 radical (unpaired) electrons. The molecule has 0 saturated heterocycles. The van der Waals surface area contributed by atoms with Gasteiger partial charge in [0.25, 0.3) is 0 Å². The summed E-state index contributed by atoms with van der Waals surface area (Å²) in [6.07, 6.45) is 3.80. The second-order valence-electron chi connectivity index (χ2n) is 13.3. The van der Waals surface area contributed by atoms with Crippen molar-refractivity contribution in [2.24, 2.45) is 0 Å². The smallest absolute Gasteiger partial charge is 0.0541 e. The van der Waals surface area contributed by atoms with E-state index in [1.165, 1.54) is 98.8 Å². The number of para-hydroxylation sites is 2. The summed E-state index contributed by atoms with van der Waals surface area (Å²) in [6, 6.07) is 53.6. The molecule has 0 atom stereocenters. The number of benzene rings is 8. The molecule has 0 aliphatic heterocycles. The van der Waals surface area contributed by atoms with Crippen LogP contribution in [0.5, 0.6) is 0 Å². The minimum atomic E-state index is 1.14. The minimum absolute atomic E-state index is 1.14. The summed E-state index contributed by atoms with van der Waals surface area (Å²) in [5.41, 5.74) is 13.6. The summed E-state index contributed by atoms with van der Waals surface area (Å²) in [6.45, 7) is 4.52. The van der Waals surface area contributed by atoms with Gasteiger partial charge in [0, 0.05) is 34.4 Å². The molecule has 49 heavy (non-hydrogen) atoms. The third-order valence-corrected chi connectivity index (χ3v) is 10.5. The van der Waals surface area contributed by atoms with Gasteiger partial charge in [-0.25, -0.2) is 0 Å². The molecule has 0 N–H and O–H groups in total. The van der Waals surface area contributed by atoms with E-state index in [-0.39, 0.29) is 0 Å². The van der Waals surface area contributed by atoms with Crippen LogP contribution in [0.15, 0.2) is 158 Å². The second kappa shape index (κ2) is 10.6. The molecule has 230 valence electrons. The van der Waals surface area contributed by atoms with E-state index < -0.39 is 0 Å². The van der Waals surface area contributed by atoms with Gasteiger partial charge in [-0.15, -0.1) is 0 Å². The highest BCUT2D eigenvalue weighted by molar-refractivity contribution is 6.28. The SMILES string of the molecule is Cc1cc(-c2ccc3c(c2)c2ccccc2n3-c2ccccc2)ccc1-c1c(C)cc2ccc3c(-c4cccnc4)ccc4ccc1c2c43. The molecule has 0 fully saturated rings. The van der Waals surface area contributed by atoms with Gasteiger partial charge in [0.05, 0.1) is 11.0 Å². The van der Waals surface area contributed by atoms with E-state index in [4.69, 9.17) is 0 Å². The highest BCUT2D eigenvalue weighted by Gasteiger charge is 2.18. The van der Waals surface area contributed by atoms with Gasteiger partial charge in [-0.3, -0.25) is 4.98 Å². The fourth-order valence-electron chi connectivity index (χ4n) is 8.28. The van der Waals surface area contributed by atoms with Crippen molar-refractivity contribution in [3.63, 3.8) is 0 Å². The quantitative estimate of drug-likeness (QED) is 0.178. The molecule has 0 aliphatic rings. The summed E-state index contributed by atoms with van der Waals surface area (Å²) < 4.78 is 2.37. The van der Waals surface area contributed by atoms with Gasteiger partial charge in [-0.1, -0.05) is 109 Å². The predicted molar refractivity (Wildman–Crippen MR) is 208 cm³/mol. The Kier molecular flexibility index (Phi) is 6.04. The second-order valence-corrected chi connectivity index (χ2v) is 13.3. The van der Waals surface area contributed by atoms with Gasteiger partial charge in [0.2, 0.25) is 0 Å². The van der Waals surface area contributed by atoms with Gasteiger partial charge < -0.3 is 4.57 Å². The Morgan fingerprint density at radius 2 is 1.16 bits per heavy atom. The van der Waals surface area contributed by atoms with Crippen molar-refractivity contribution in [2.75, 3.05) is 0 Å². The van der Waals surface area contributed by atoms with Crippen molar-refractivity contribution < 1.29 is 0 Å². The van der Waals surface area contributed by atoms with E-state index in [9.17, 15) is 0 Å². The van der Waals surface area contributed by atoms with Crippen molar-refractivity contribution >= 4 is 54.1 Å². The average molecular weight is 625 g/mol. The zero-order valence-corrected chi connectivity index (χ0v) is 27.4. The zero-order valence-electron chi connectivity index (χ0n) is 27.4. The van der Waals surface area contributed by atoms with E-state index >= 15 is 0 Å². The van der Waals surface area contributed by atoms with Gasteiger partial charge in [-0.2, -0.15) is 0 Å². The lowest BCUT2D eigenvalue weighted by Gasteiger charge is -2.19. The molecule has 0 unspecified atom stereocenters. The van der Waals surface area contributed by atoms with E-state index in [0.717, 1.165) is 5.56 Å². The van der Waals surface area contributed by atoms with Crippen LogP contribution >= 0.6 is 0 Å². The first-order valence-electron chi connectivity index (χ1n) is 17.0. The van der Waals surface area contributed by atoms with E-state index in [1.807, 2.05) is 18.5 Å². The molecule has 8 aromatic carbocycles. The fraction of sp³-hybridized carbons (Fsp3) is 0.0426. The fourth-order valence-corrected chi connectivity index (χ4v) is 8.28. The Balaban J connectivity index is 1.13. The molecular weight excluding hydrogens is 593 g/mol. The number of hydrogen-bond donors (Lipinski definition) is 0. The molecule has 0 aliphatic carbocycles. The Bertz CT molecular complexity index is 2880. The lowest BCUT2D eigenvalue weighted by atomic mass is 9.84. The molecule has 0 bridgehead atoms. The van der Waals surface area contributed by atoms with Crippen molar-refractivity contribution in [1.29, 1.82) is 0 Å². The number of fused-ring (bicyclic) bond motifs is 3. The van der Waals surface area contributed by atoms with Crippen LogP contribution < -0.4 is 0 Å². The van der Waals surface area contributed by atoms with Crippen molar-refractivity contribution in [2.45, 2.75) is 13.8 Å². The minimum Gasteiger partial charge on any atom is -0.309 e. The topological polar surface area (TPSA) is 17.8 Å². The van der Waals surface area contributed by atoms with Crippen LogP contribution in [0.3, 0.4) is 0 Å². The summed E-state index contributed by atoms with van der Waals surface area (Å²) in [7, 11) is 0. The molecule has 2 nitrogen and oxygen atoms in total. The van der Waals surface area contributed by atoms with Crippen molar-refractivity contribution in [3.8, 4) is 39.1 Å². The Morgan fingerprint density at radius 1 is 0.449 bits per heavy atom. The summed E-state index contributed by atoms with van der Waals surface area (Å²) in [5, 5.41) is 10.3. The Labute approximate surface area is 284 Å². The van der Waals surface area contributed by atoms with Crippen LogP contribution in [-0.2, 0) is 0 Å². The first kappa shape index (κ1) is 27.8. The van der Waals surface area contributed by atoms with Crippen molar-refractivity contribution in [1.82, 2.24) is 9.55 Å². The molecule has 2 aromatic heterocycles. The molecule has 2 heterocycles. The molecule has 0 saturated carbocycles. The Hall–Kier alpha value is -6.25. The number of aryl methyl sites for hydroxylation is 2. The standard InChI is InChI=1S/C47H32N2/c1-29-25-32(33-18-23-44-42(27-33)39-12-6-7-13-43(39)49(44)36-10-4-3-5-11-36)16-19-37(29)45-30(2)26-34-17-21-40-38(35-9-8-24-48-28-35)20-14-31-15-22-41(45)47(34)46(31)40/h3-28H,1-2H3. The monoisotopic (exact) mass is 624 g/mol. The van der Waals surface area contributed by atoms with Crippen LogP contribution in [-0.4, -0.2) is 9.55 Å². The van der Waals surface area contributed by atoms with Crippen LogP contribution in [0.4, 0.5) is 0 Å². The highest BCUT2D eigenvalue weighted by Crippen LogP contribution is 2.45. The number of aromatic nitrogens is 2. The molecular formula is C47H32N2. The number of rotatable bonds is 4. The van der Waals surface area contributed by atoms with E-state index in [0.29, 0.717) is 0 Å². The first-order chi connectivity index (χ1) is 24.1. The lowest BCUT2D eigenvalue weighted by molar-refractivity contribution is 1.18. The third kappa shape index (κ3) is 4.17. The number of nitrogens with zero attached hydrogens (tertiary/aromatic N) is 2. The van der Waals surface area contributed by atoms with Crippen LogP contribution in [0, 0.1) is 13.8 Å². The predicted octanol–water partition coefficient (Wildman–Crippen LogP) is 12.7. The number of hydrogen-bond acceptors (Lipinski definition) is 1. The van der Waals surface area contributed by atoms with Crippen LogP contribution in [0.1, 0.15) is 11.1 Å². The maximum absolute atomic E-state index is 4.41. The third-order valence-electron chi connectivity index (χ3n) is 10.5. The molecule has 0 spiro atoms. The highest BCUT2D eigenvalue weighted by atomic mass is 15.0. The zero-order chi connectivity index (χ0) is 32.6. The largest absolute Gasteiger partial charge is 0.309 e. The van der Waals surface area contributed by atoms with Crippen LogP contribution in [0.25, 0.3) is 93.2 Å². The van der Waals surface area contributed by atoms with E-state index in [1.54, 1.807) is 0 Å². The molecule has 2 heteroatoms. The number of pyridine rings is 1. The van der Waals surface area contributed by atoms with Gasteiger partial charge in [0.1, 0.15) is 0 Å². The maximum Gasteiger partial charge on any atom is 0.0541 e. The van der Waals surface area contributed by atoms with Crippen LogP contribution in [0.2, 0.25) is 0 Å². The first-order valence-corrected chi connectivity index (χ1v) is 17.0. The molecule has 10 aromatic rings. The average Bonchev–Trinajstić information content (AvgIpc) is 3.48. The van der Waals surface area contributed by atoms with Gasteiger partial charge >= 0.3 is 0 Å². The summed E-state index contributed by atoms with van der Waals surface area (Å²) in [4.78, 5) is 4.41. The lowest BCUT2D eigenvalue weighted by Crippen LogP contribution is -1.94. The van der Waals surface area contributed by atoms with Gasteiger partial charge in [-0.05, 0) is 122 Å². The summed E-state index contributed by atoms with van der Waals surface area (Å²) >= 11 is 0. The maximum atomic E-state index is 4.41. The van der Waals surface area contributed by atoms with Gasteiger partial charge in [0.15, 0.2) is 0 Å². The van der Waals surface area contributed by atoms with E-state index in [2.05, 4.69) is 163 Å². The molecule has 0 amide bonds. The summed E-state index contributed by atoms with van der Waals surface area (Å²) in [5.74, 6) is 0. The van der Waals surface area contributed by atoms with Crippen molar-refractivity contribution in [3.05, 3.63) is 169 Å².